The van der Waals surface area contributed by atoms with Gasteiger partial charge in [0.1, 0.15) is 30.2 Å². The Morgan fingerprint density at radius 3 is 2.28 bits per heavy atom. The summed E-state index contributed by atoms with van der Waals surface area (Å²) in [5.74, 6) is -0.416. The number of nitrogens with zero attached hydrogens (tertiary/aromatic N) is 1. The van der Waals surface area contributed by atoms with Gasteiger partial charge in [-0.05, 0) is 48.1 Å². The van der Waals surface area contributed by atoms with Crippen LogP contribution in [-0.2, 0) is 17.6 Å². The molecule has 0 unspecified atom stereocenters. The first-order chi connectivity index (χ1) is 15.3. The fourth-order valence-corrected chi connectivity index (χ4v) is 4.43. The highest BCUT2D eigenvalue weighted by atomic mass is 19.1. The highest BCUT2D eigenvalue weighted by Gasteiger charge is 2.44. The number of hydrogen-bond acceptors (Lipinski definition) is 6. The number of aryl methyl sites for hydroxylation is 1. The highest BCUT2D eigenvalue weighted by Crippen LogP contribution is 2.36. The molecule has 172 valence electrons. The van der Waals surface area contributed by atoms with Gasteiger partial charge in [0.15, 0.2) is 6.23 Å². The van der Waals surface area contributed by atoms with E-state index in [0.29, 0.717) is 29.3 Å². The molecule has 0 aliphatic carbocycles. The van der Waals surface area contributed by atoms with Gasteiger partial charge in [0, 0.05) is 18.2 Å². The Labute approximate surface area is 184 Å². The van der Waals surface area contributed by atoms with Crippen molar-refractivity contribution in [3.8, 4) is 0 Å². The van der Waals surface area contributed by atoms with Gasteiger partial charge >= 0.3 is 0 Å². The van der Waals surface area contributed by atoms with Crippen LogP contribution in [0.3, 0.4) is 0 Å². The van der Waals surface area contributed by atoms with Gasteiger partial charge in [-0.25, -0.2) is 4.39 Å². The number of aromatic nitrogens is 1. The van der Waals surface area contributed by atoms with Crippen molar-refractivity contribution in [2.24, 2.45) is 0 Å². The number of ether oxygens (including phenoxy) is 1. The van der Waals surface area contributed by atoms with E-state index in [9.17, 15) is 24.8 Å². The fraction of sp³-hybridized carbons (Fsp3) is 0.417. The standard InChI is InChI=1S/C24H28FNO6/c1-13-2-7-17(25)19-16(10-15-5-3-14(4-6-15)8-9-27)11-26(20(13)19)24-23(31)22(30)21(29)18(12-28)32-24/h2-7,11,18,21-24,27-31H,8-10,12H2,1H3/t18-,21-,22+,23-,24-/m1/s1. The summed E-state index contributed by atoms with van der Waals surface area (Å²) in [7, 11) is 0. The lowest BCUT2D eigenvalue weighted by Gasteiger charge is -2.40. The van der Waals surface area contributed by atoms with Gasteiger partial charge in [0.25, 0.3) is 0 Å². The van der Waals surface area contributed by atoms with E-state index in [2.05, 4.69) is 0 Å². The van der Waals surface area contributed by atoms with Gasteiger partial charge in [-0.15, -0.1) is 0 Å². The zero-order valence-corrected chi connectivity index (χ0v) is 17.7. The van der Waals surface area contributed by atoms with Gasteiger partial charge < -0.3 is 34.8 Å². The van der Waals surface area contributed by atoms with Crippen molar-refractivity contribution >= 4 is 10.9 Å². The molecule has 5 N–H and O–H groups in total. The van der Waals surface area contributed by atoms with E-state index in [4.69, 9.17) is 9.84 Å². The minimum absolute atomic E-state index is 0.0659. The van der Waals surface area contributed by atoms with Crippen molar-refractivity contribution in [1.29, 1.82) is 0 Å². The molecule has 0 bridgehead atoms. The van der Waals surface area contributed by atoms with Gasteiger partial charge in [-0.3, -0.25) is 0 Å². The molecule has 32 heavy (non-hydrogen) atoms. The smallest absolute Gasteiger partial charge is 0.163 e. The summed E-state index contributed by atoms with van der Waals surface area (Å²) < 4.78 is 22.3. The lowest BCUT2D eigenvalue weighted by molar-refractivity contribution is -0.250. The topological polar surface area (TPSA) is 115 Å². The Balaban J connectivity index is 1.78. The second-order valence-corrected chi connectivity index (χ2v) is 8.34. The maximum Gasteiger partial charge on any atom is 0.163 e. The van der Waals surface area contributed by atoms with E-state index >= 15 is 0 Å². The quantitative estimate of drug-likeness (QED) is 0.389. The third-order valence-electron chi connectivity index (χ3n) is 6.16. The molecular formula is C24H28FNO6. The maximum atomic E-state index is 15.0. The summed E-state index contributed by atoms with van der Waals surface area (Å²) in [6.07, 6.45) is -3.99. The lowest BCUT2D eigenvalue weighted by Crippen LogP contribution is -2.56. The molecule has 8 heteroatoms. The van der Waals surface area contributed by atoms with E-state index in [-0.39, 0.29) is 6.61 Å². The molecule has 1 aliphatic heterocycles. The third-order valence-corrected chi connectivity index (χ3v) is 6.16. The molecule has 0 radical (unpaired) electrons. The third kappa shape index (κ3) is 4.05. The Morgan fingerprint density at radius 2 is 1.62 bits per heavy atom. The molecule has 5 atom stereocenters. The van der Waals surface area contributed by atoms with Crippen LogP contribution in [0.1, 0.15) is 28.5 Å². The zero-order valence-electron chi connectivity index (χ0n) is 17.7. The van der Waals surface area contributed by atoms with Crippen LogP contribution in [0.5, 0.6) is 0 Å². The predicted molar refractivity (Wildman–Crippen MR) is 116 cm³/mol. The molecule has 1 aliphatic rings. The van der Waals surface area contributed by atoms with Gasteiger partial charge in [-0.2, -0.15) is 0 Å². The zero-order chi connectivity index (χ0) is 23.0. The van der Waals surface area contributed by atoms with Crippen molar-refractivity contribution in [2.45, 2.75) is 50.4 Å². The minimum Gasteiger partial charge on any atom is -0.396 e. The van der Waals surface area contributed by atoms with E-state index in [0.717, 1.165) is 16.7 Å². The van der Waals surface area contributed by atoms with Gasteiger partial charge in [0.05, 0.1) is 12.1 Å². The van der Waals surface area contributed by atoms with Crippen LogP contribution in [0.15, 0.2) is 42.6 Å². The average molecular weight is 445 g/mol. The minimum atomic E-state index is -1.53. The number of aliphatic hydroxyl groups excluding tert-OH is 5. The number of hydrogen-bond donors (Lipinski definition) is 5. The summed E-state index contributed by atoms with van der Waals surface area (Å²) in [5.41, 5.74) is 3.89. The molecule has 1 aromatic heterocycles. The van der Waals surface area contributed by atoms with Crippen LogP contribution in [0.4, 0.5) is 4.39 Å². The SMILES string of the molecule is Cc1ccc(F)c2c(Cc3ccc(CCO)cc3)cn([C@@H]3O[C@H](CO)[C@@H](O)[C@H](O)[C@H]3O)c12. The van der Waals surface area contributed by atoms with Crippen molar-refractivity contribution in [2.75, 3.05) is 13.2 Å². The molecule has 4 rings (SSSR count). The molecule has 1 saturated heterocycles. The monoisotopic (exact) mass is 445 g/mol. The summed E-state index contributed by atoms with van der Waals surface area (Å²) in [6, 6.07) is 10.7. The second-order valence-electron chi connectivity index (χ2n) is 8.34. The van der Waals surface area contributed by atoms with E-state index in [1.807, 2.05) is 31.2 Å². The van der Waals surface area contributed by atoms with Crippen LogP contribution in [0, 0.1) is 12.7 Å². The van der Waals surface area contributed by atoms with Crippen molar-refractivity contribution in [1.82, 2.24) is 4.57 Å². The molecular weight excluding hydrogens is 417 g/mol. The van der Waals surface area contributed by atoms with E-state index in [1.54, 1.807) is 16.8 Å². The Morgan fingerprint density at radius 1 is 0.938 bits per heavy atom. The number of halogens is 1. The lowest BCUT2D eigenvalue weighted by atomic mass is 9.98. The molecule has 7 nitrogen and oxygen atoms in total. The van der Waals surface area contributed by atoms with Crippen LogP contribution >= 0.6 is 0 Å². The maximum absolute atomic E-state index is 15.0. The average Bonchev–Trinajstić information content (AvgIpc) is 3.16. The van der Waals surface area contributed by atoms with Gasteiger partial charge in [-0.1, -0.05) is 30.3 Å². The number of benzene rings is 2. The summed E-state index contributed by atoms with van der Waals surface area (Å²) in [5, 5.41) is 50.0. The van der Waals surface area contributed by atoms with Crippen molar-refractivity contribution in [3.05, 3.63) is 70.7 Å². The highest BCUT2D eigenvalue weighted by molar-refractivity contribution is 5.88. The van der Waals surface area contributed by atoms with E-state index in [1.165, 1.54) is 6.07 Å². The fourth-order valence-electron chi connectivity index (χ4n) is 4.43. The Hall–Kier alpha value is -2.33. The summed E-state index contributed by atoms with van der Waals surface area (Å²) in [6.45, 7) is 1.34. The summed E-state index contributed by atoms with van der Waals surface area (Å²) >= 11 is 0. The summed E-state index contributed by atoms with van der Waals surface area (Å²) in [4.78, 5) is 0. The van der Waals surface area contributed by atoms with Gasteiger partial charge in [0.2, 0.25) is 0 Å². The largest absolute Gasteiger partial charge is 0.396 e. The molecule has 2 heterocycles. The Bertz CT molecular complexity index is 1080. The molecule has 3 aromatic rings. The molecule has 0 spiro atoms. The van der Waals surface area contributed by atoms with Crippen molar-refractivity contribution < 1.29 is 34.7 Å². The van der Waals surface area contributed by atoms with Crippen LogP contribution in [0.25, 0.3) is 10.9 Å². The first kappa shape index (κ1) is 22.8. The van der Waals surface area contributed by atoms with Crippen molar-refractivity contribution in [3.63, 3.8) is 0 Å². The number of rotatable bonds is 6. The predicted octanol–water partition coefficient (Wildman–Crippen LogP) is 1.19. The first-order valence-electron chi connectivity index (χ1n) is 10.6. The molecule has 0 saturated carbocycles. The normalized spacial score (nSPS) is 26.0. The van der Waals surface area contributed by atoms with Crippen LogP contribution in [-0.4, -0.2) is 67.7 Å². The van der Waals surface area contributed by atoms with Crippen LogP contribution in [0.2, 0.25) is 0 Å². The first-order valence-corrected chi connectivity index (χ1v) is 10.6. The molecule has 2 aromatic carbocycles. The van der Waals surface area contributed by atoms with Crippen LogP contribution < -0.4 is 0 Å². The Kier molecular flexibility index (Phi) is 6.62. The number of fused-ring (bicyclic) bond motifs is 1. The van der Waals surface area contributed by atoms with E-state index < -0.39 is 43.1 Å². The number of aliphatic hydroxyl groups is 5. The second kappa shape index (κ2) is 9.27. The molecule has 1 fully saturated rings. The molecule has 0 amide bonds.